The molecule has 0 bridgehead atoms. The second-order valence-corrected chi connectivity index (χ2v) is 7.28. The Labute approximate surface area is 147 Å². The average molecular weight is 340 g/mol. The second kappa shape index (κ2) is 6.59. The first kappa shape index (κ1) is 16.3. The van der Waals surface area contributed by atoms with Gasteiger partial charge < -0.3 is 15.0 Å². The summed E-state index contributed by atoms with van der Waals surface area (Å²) in [5.41, 5.74) is 0.937. The number of rotatable bonds is 4. The van der Waals surface area contributed by atoms with Crippen LogP contribution in [0.4, 0.5) is 5.69 Å². The molecule has 1 saturated carbocycles. The Hall–Kier alpha value is -2.21. The van der Waals surface area contributed by atoms with Crippen molar-refractivity contribution < 1.29 is 9.90 Å². The molecule has 6 nitrogen and oxygen atoms in total. The van der Waals surface area contributed by atoms with Crippen molar-refractivity contribution in [2.75, 3.05) is 5.32 Å². The molecule has 0 unspecified atom stereocenters. The van der Waals surface area contributed by atoms with E-state index in [2.05, 4.69) is 20.1 Å². The number of hydrogen-bond donors (Lipinski definition) is 2. The van der Waals surface area contributed by atoms with Gasteiger partial charge in [-0.1, -0.05) is 12.8 Å². The number of aliphatic hydroxyl groups is 1. The molecule has 1 aliphatic carbocycles. The van der Waals surface area contributed by atoms with Crippen molar-refractivity contribution in [3.8, 4) is 11.4 Å². The summed E-state index contributed by atoms with van der Waals surface area (Å²) in [6.07, 6.45) is 6.94. The number of carbonyl (C=O) groups is 1. The molecule has 0 spiro atoms. The Morgan fingerprint density at radius 3 is 2.64 bits per heavy atom. The summed E-state index contributed by atoms with van der Waals surface area (Å²) >= 11 is 0. The number of nitrogens with one attached hydrogen (secondary N) is 1. The van der Waals surface area contributed by atoms with Crippen LogP contribution in [0.25, 0.3) is 11.4 Å². The van der Waals surface area contributed by atoms with E-state index < -0.39 is 5.60 Å². The predicted octanol–water partition coefficient (Wildman–Crippen LogP) is 2.92. The van der Waals surface area contributed by atoms with Gasteiger partial charge in [0, 0.05) is 24.2 Å². The van der Waals surface area contributed by atoms with Gasteiger partial charge in [0.25, 0.3) is 0 Å². The van der Waals surface area contributed by atoms with Gasteiger partial charge in [0.15, 0.2) is 5.82 Å². The van der Waals surface area contributed by atoms with Gasteiger partial charge >= 0.3 is 0 Å². The Balaban J connectivity index is 1.43. The van der Waals surface area contributed by atoms with Gasteiger partial charge in [0.1, 0.15) is 5.82 Å². The molecule has 0 atom stereocenters. The molecule has 2 N–H and O–H groups in total. The molecule has 132 valence electrons. The number of nitrogens with zero attached hydrogens (tertiary/aromatic N) is 3. The molecule has 25 heavy (non-hydrogen) atoms. The van der Waals surface area contributed by atoms with Gasteiger partial charge in [0.05, 0.1) is 12.0 Å². The Morgan fingerprint density at radius 2 is 1.88 bits per heavy atom. The SMILES string of the molecule is O=C(CC1(O)CCCC1)Nc1ccc(-c2nnc3n2CCCC3)cc1. The number of anilines is 1. The van der Waals surface area contributed by atoms with Crippen LogP contribution in [0.15, 0.2) is 24.3 Å². The maximum absolute atomic E-state index is 12.2. The maximum atomic E-state index is 12.2. The topological polar surface area (TPSA) is 80.0 Å². The molecule has 4 rings (SSSR count). The Kier molecular flexibility index (Phi) is 4.29. The van der Waals surface area contributed by atoms with Gasteiger partial charge in [-0.2, -0.15) is 0 Å². The Morgan fingerprint density at radius 1 is 1.12 bits per heavy atom. The summed E-state index contributed by atoms with van der Waals surface area (Å²) < 4.78 is 2.19. The summed E-state index contributed by atoms with van der Waals surface area (Å²) in [5.74, 6) is 1.83. The van der Waals surface area contributed by atoms with Crippen molar-refractivity contribution in [3.05, 3.63) is 30.1 Å². The van der Waals surface area contributed by atoms with Gasteiger partial charge in [0.2, 0.25) is 5.91 Å². The molecule has 2 aliphatic rings. The van der Waals surface area contributed by atoms with Crippen molar-refractivity contribution >= 4 is 11.6 Å². The van der Waals surface area contributed by atoms with Crippen LogP contribution in [0.2, 0.25) is 0 Å². The zero-order valence-electron chi connectivity index (χ0n) is 14.4. The second-order valence-electron chi connectivity index (χ2n) is 7.28. The van der Waals surface area contributed by atoms with Gasteiger partial charge in [-0.25, -0.2) is 0 Å². The fourth-order valence-corrected chi connectivity index (χ4v) is 3.94. The van der Waals surface area contributed by atoms with Crippen molar-refractivity contribution in [2.45, 2.75) is 63.5 Å². The van der Waals surface area contributed by atoms with E-state index >= 15 is 0 Å². The van der Waals surface area contributed by atoms with Crippen LogP contribution in [0, 0.1) is 0 Å². The quantitative estimate of drug-likeness (QED) is 0.897. The summed E-state index contributed by atoms with van der Waals surface area (Å²) in [5, 5.41) is 21.8. The molecule has 1 aromatic carbocycles. The minimum absolute atomic E-state index is 0.128. The third-order valence-electron chi connectivity index (χ3n) is 5.31. The number of hydrogen-bond acceptors (Lipinski definition) is 4. The first-order valence-electron chi connectivity index (χ1n) is 9.18. The first-order chi connectivity index (χ1) is 12.1. The number of amides is 1. The van der Waals surface area contributed by atoms with Crippen LogP contribution in [-0.2, 0) is 17.8 Å². The number of fused-ring (bicyclic) bond motifs is 1. The van der Waals surface area contributed by atoms with E-state index in [0.29, 0.717) is 0 Å². The summed E-state index contributed by atoms with van der Waals surface area (Å²) in [6.45, 7) is 0.967. The minimum atomic E-state index is -0.815. The lowest BCUT2D eigenvalue weighted by Gasteiger charge is -2.21. The van der Waals surface area contributed by atoms with Gasteiger partial charge in [-0.3, -0.25) is 4.79 Å². The zero-order chi connectivity index (χ0) is 17.3. The van der Waals surface area contributed by atoms with E-state index in [1.807, 2.05) is 24.3 Å². The van der Waals surface area contributed by atoms with Crippen molar-refractivity contribution in [1.29, 1.82) is 0 Å². The molecular weight excluding hydrogens is 316 g/mol. The number of carbonyl (C=O) groups excluding carboxylic acids is 1. The van der Waals surface area contributed by atoms with Gasteiger partial charge in [-0.05, 0) is 49.9 Å². The lowest BCUT2D eigenvalue weighted by Crippen LogP contribution is -2.30. The molecule has 2 aromatic rings. The largest absolute Gasteiger partial charge is 0.389 e. The Bertz CT molecular complexity index is 760. The van der Waals surface area contributed by atoms with Crippen molar-refractivity contribution in [1.82, 2.24) is 14.8 Å². The molecule has 1 aliphatic heterocycles. The molecule has 6 heteroatoms. The van der Waals surface area contributed by atoms with Crippen LogP contribution in [0.1, 0.15) is 50.8 Å². The molecule has 0 saturated heterocycles. The smallest absolute Gasteiger partial charge is 0.227 e. The molecule has 2 heterocycles. The highest BCUT2D eigenvalue weighted by Crippen LogP contribution is 2.32. The normalized spacial score (nSPS) is 18.8. The van der Waals surface area contributed by atoms with E-state index in [1.165, 1.54) is 6.42 Å². The van der Waals surface area contributed by atoms with E-state index in [4.69, 9.17) is 0 Å². The third kappa shape index (κ3) is 3.44. The molecule has 0 radical (unpaired) electrons. The van der Waals surface area contributed by atoms with Gasteiger partial charge in [-0.15, -0.1) is 10.2 Å². The van der Waals surface area contributed by atoms with Crippen LogP contribution in [0.5, 0.6) is 0 Å². The fourth-order valence-electron chi connectivity index (χ4n) is 3.94. The monoisotopic (exact) mass is 340 g/mol. The summed E-state index contributed by atoms with van der Waals surface area (Å²) in [4.78, 5) is 12.2. The van der Waals surface area contributed by atoms with Crippen LogP contribution >= 0.6 is 0 Å². The summed E-state index contributed by atoms with van der Waals surface area (Å²) in [7, 11) is 0. The number of aryl methyl sites for hydroxylation is 1. The van der Waals surface area contributed by atoms with E-state index in [1.54, 1.807) is 0 Å². The highest BCUT2D eigenvalue weighted by molar-refractivity contribution is 5.91. The van der Waals surface area contributed by atoms with Crippen LogP contribution < -0.4 is 5.32 Å². The summed E-state index contributed by atoms with van der Waals surface area (Å²) in [6, 6.07) is 7.70. The predicted molar refractivity (Wildman–Crippen MR) is 95.1 cm³/mol. The van der Waals surface area contributed by atoms with Crippen LogP contribution in [0.3, 0.4) is 0 Å². The van der Waals surface area contributed by atoms with Crippen LogP contribution in [-0.4, -0.2) is 31.4 Å². The third-order valence-corrected chi connectivity index (χ3v) is 5.31. The lowest BCUT2D eigenvalue weighted by molar-refractivity contribution is -0.120. The fraction of sp³-hybridized carbons (Fsp3) is 0.526. The maximum Gasteiger partial charge on any atom is 0.227 e. The molecular formula is C19H24N4O2. The number of aromatic nitrogens is 3. The van der Waals surface area contributed by atoms with E-state index in [-0.39, 0.29) is 12.3 Å². The minimum Gasteiger partial charge on any atom is -0.389 e. The molecule has 1 fully saturated rings. The molecule has 1 aromatic heterocycles. The average Bonchev–Trinajstić information content (AvgIpc) is 3.22. The van der Waals surface area contributed by atoms with E-state index in [0.717, 1.165) is 68.0 Å². The van der Waals surface area contributed by atoms with E-state index in [9.17, 15) is 9.90 Å². The lowest BCUT2D eigenvalue weighted by atomic mass is 9.97. The highest BCUT2D eigenvalue weighted by Gasteiger charge is 2.33. The molecule has 1 amide bonds. The first-order valence-corrected chi connectivity index (χ1v) is 9.18. The van der Waals surface area contributed by atoms with Crippen molar-refractivity contribution in [2.24, 2.45) is 0 Å². The zero-order valence-corrected chi connectivity index (χ0v) is 14.4. The van der Waals surface area contributed by atoms with Crippen molar-refractivity contribution in [3.63, 3.8) is 0 Å². The number of benzene rings is 1. The standard InChI is InChI=1S/C19H24N4O2/c24-17(13-19(25)10-2-3-11-19)20-15-8-6-14(7-9-15)18-22-21-16-5-1-4-12-23(16)18/h6-9,25H,1-5,10-13H2,(H,20,24). The highest BCUT2D eigenvalue weighted by atomic mass is 16.3.